The molecule has 1 aromatic heterocycles. The zero-order valence-electron chi connectivity index (χ0n) is 10.9. The van der Waals surface area contributed by atoms with Crippen LogP contribution in [0.15, 0.2) is 57.6 Å². The van der Waals surface area contributed by atoms with Crippen LogP contribution in [0.3, 0.4) is 0 Å². The van der Waals surface area contributed by atoms with E-state index in [1.54, 1.807) is 24.3 Å². The summed E-state index contributed by atoms with van der Waals surface area (Å²) in [6, 6.07) is 14.4. The zero-order chi connectivity index (χ0) is 14.8. The van der Waals surface area contributed by atoms with Gasteiger partial charge in [0.2, 0.25) is 0 Å². The van der Waals surface area contributed by atoms with Crippen LogP contribution < -0.4 is 4.74 Å². The Kier molecular flexibility index (Phi) is 3.66. The maximum atomic E-state index is 11.4. The van der Waals surface area contributed by atoms with Crippen molar-refractivity contribution in [2.24, 2.45) is 0 Å². The van der Waals surface area contributed by atoms with Gasteiger partial charge in [-0.1, -0.05) is 24.3 Å². The minimum absolute atomic E-state index is 0.138. The Bertz CT molecular complexity index is 807. The Labute approximate surface area is 129 Å². The van der Waals surface area contributed by atoms with Gasteiger partial charge in [0.25, 0.3) is 0 Å². The van der Waals surface area contributed by atoms with Gasteiger partial charge < -0.3 is 14.3 Å². The van der Waals surface area contributed by atoms with Crippen LogP contribution in [0, 0.1) is 0 Å². The average molecular weight is 347 g/mol. The number of ether oxygens (including phenoxy) is 1. The lowest BCUT2D eigenvalue weighted by Gasteiger charge is -2.09. The summed E-state index contributed by atoms with van der Waals surface area (Å²) in [7, 11) is 0. The second-order valence-electron chi connectivity index (χ2n) is 4.50. The molecule has 21 heavy (non-hydrogen) atoms. The predicted octanol–water partition coefficient (Wildman–Crippen LogP) is 4.47. The first-order valence-electron chi connectivity index (χ1n) is 6.26. The molecule has 0 bridgehead atoms. The zero-order valence-corrected chi connectivity index (χ0v) is 12.5. The van der Waals surface area contributed by atoms with Crippen molar-refractivity contribution in [2.75, 3.05) is 0 Å². The fraction of sp³-hybridized carbons (Fsp3) is 0.0625. The van der Waals surface area contributed by atoms with Gasteiger partial charge in [-0.2, -0.15) is 0 Å². The van der Waals surface area contributed by atoms with Crippen molar-refractivity contribution < 1.29 is 19.1 Å². The summed E-state index contributed by atoms with van der Waals surface area (Å²) in [6.07, 6.45) is 0. The lowest BCUT2D eigenvalue weighted by Crippen LogP contribution is -2.03. The summed E-state index contributed by atoms with van der Waals surface area (Å²) in [6.45, 7) is 0.171. The van der Waals surface area contributed by atoms with Gasteiger partial charge in [0, 0.05) is 0 Å². The molecule has 4 nitrogen and oxygen atoms in total. The topological polar surface area (TPSA) is 59.7 Å². The molecule has 0 fully saturated rings. The third-order valence-electron chi connectivity index (χ3n) is 3.08. The Morgan fingerprint density at radius 2 is 1.86 bits per heavy atom. The van der Waals surface area contributed by atoms with E-state index < -0.39 is 5.97 Å². The molecule has 106 valence electrons. The van der Waals surface area contributed by atoms with Crippen molar-refractivity contribution in [3.05, 3.63) is 64.5 Å². The number of fused-ring (bicyclic) bond motifs is 1. The van der Waals surface area contributed by atoms with Crippen molar-refractivity contribution in [1.29, 1.82) is 0 Å². The van der Waals surface area contributed by atoms with E-state index in [2.05, 4.69) is 15.9 Å². The van der Waals surface area contributed by atoms with E-state index in [-0.39, 0.29) is 12.2 Å². The summed E-state index contributed by atoms with van der Waals surface area (Å²) in [5.74, 6) is -0.0727. The number of furan rings is 1. The maximum absolute atomic E-state index is 11.4. The normalized spacial score (nSPS) is 10.7. The number of hydrogen-bond acceptors (Lipinski definition) is 3. The monoisotopic (exact) mass is 346 g/mol. The van der Waals surface area contributed by atoms with Crippen molar-refractivity contribution >= 4 is 32.7 Å². The Balaban J connectivity index is 1.95. The van der Waals surface area contributed by atoms with E-state index in [0.717, 1.165) is 10.8 Å². The van der Waals surface area contributed by atoms with Crippen LogP contribution in [0.5, 0.6) is 5.75 Å². The number of carboxylic acid groups (broad SMARTS) is 1. The molecule has 5 heteroatoms. The average Bonchev–Trinajstić information content (AvgIpc) is 2.89. The molecule has 0 spiro atoms. The molecule has 3 rings (SSSR count). The van der Waals surface area contributed by atoms with Crippen molar-refractivity contribution in [1.82, 2.24) is 0 Å². The van der Waals surface area contributed by atoms with Crippen LogP contribution in [0.1, 0.15) is 16.1 Å². The molecule has 3 aromatic rings. The van der Waals surface area contributed by atoms with Crippen LogP contribution in [-0.4, -0.2) is 11.1 Å². The molecule has 0 saturated heterocycles. The first-order chi connectivity index (χ1) is 10.1. The maximum Gasteiger partial charge on any atom is 0.339 e. The molecule has 0 radical (unpaired) electrons. The smallest absolute Gasteiger partial charge is 0.339 e. The number of carboxylic acids is 1. The molecule has 1 heterocycles. The van der Waals surface area contributed by atoms with Crippen LogP contribution in [0.25, 0.3) is 10.8 Å². The molecule has 0 aliphatic heterocycles. The summed E-state index contributed by atoms with van der Waals surface area (Å²) in [5, 5.41) is 11.1. The highest BCUT2D eigenvalue weighted by molar-refractivity contribution is 9.10. The Hall–Kier alpha value is -2.27. The third-order valence-corrected chi connectivity index (χ3v) is 3.50. The van der Waals surface area contributed by atoms with E-state index in [0.29, 0.717) is 16.2 Å². The molecule has 0 amide bonds. The second-order valence-corrected chi connectivity index (χ2v) is 5.28. The molecule has 1 N–H and O–H groups in total. The fourth-order valence-corrected chi connectivity index (χ4v) is 2.42. The minimum atomic E-state index is -1.02. The standard InChI is InChI=1S/C16H11BrO4/c17-15-6-5-12(21-15)9-20-14-8-11-4-2-1-3-10(11)7-13(14)16(18)19/h1-8H,9H2,(H,18,19). The highest BCUT2D eigenvalue weighted by Crippen LogP contribution is 2.27. The number of hydrogen-bond donors (Lipinski definition) is 1. The van der Waals surface area contributed by atoms with Crippen LogP contribution in [0.2, 0.25) is 0 Å². The van der Waals surface area contributed by atoms with Gasteiger partial charge in [0.05, 0.1) is 0 Å². The molecular formula is C16H11BrO4. The van der Waals surface area contributed by atoms with Crippen LogP contribution >= 0.6 is 15.9 Å². The summed E-state index contributed by atoms with van der Waals surface area (Å²) >= 11 is 3.21. The van der Waals surface area contributed by atoms with Gasteiger partial charge in [-0.3, -0.25) is 0 Å². The summed E-state index contributed by atoms with van der Waals surface area (Å²) < 4.78 is 11.6. The van der Waals surface area contributed by atoms with Gasteiger partial charge in [-0.05, 0) is 51.0 Å². The highest BCUT2D eigenvalue weighted by atomic mass is 79.9. The number of rotatable bonds is 4. The Morgan fingerprint density at radius 1 is 1.14 bits per heavy atom. The summed E-state index contributed by atoms with van der Waals surface area (Å²) in [4.78, 5) is 11.4. The number of halogens is 1. The fourth-order valence-electron chi connectivity index (χ4n) is 2.08. The molecule has 0 saturated carbocycles. The van der Waals surface area contributed by atoms with Gasteiger partial charge in [-0.25, -0.2) is 4.79 Å². The molecule has 0 aliphatic carbocycles. The van der Waals surface area contributed by atoms with Crippen LogP contribution in [-0.2, 0) is 6.61 Å². The largest absolute Gasteiger partial charge is 0.485 e. The van der Waals surface area contributed by atoms with E-state index in [9.17, 15) is 9.90 Å². The third kappa shape index (κ3) is 2.92. The summed E-state index contributed by atoms with van der Waals surface area (Å²) in [5.41, 5.74) is 0.138. The molecule has 0 aliphatic rings. The lowest BCUT2D eigenvalue weighted by molar-refractivity contribution is 0.0691. The van der Waals surface area contributed by atoms with Gasteiger partial charge in [-0.15, -0.1) is 0 Å². The van der Waals surface area contributed by atoms with Gasteiger partial charge in [0.1, 0.15) is 23.7 Å². The SMILES string of the molecule is O=C(O)c1cc2ccccc2cc1OCc1ccc(Br)o1. The van der Waals surface area contributed by atoms with Crippen LogP contribution in [0.4, 0.5) is 0 Å². The molecule has 0 unspecified atom stereocenters. The van der Waals surface area contributed by atoms with E-state index in [1.165, 1.54) is 0 Å². The lowest BCUT2D eigenvalue weighted by atomic mass is 10.1. The van der Waals surface area contributed by atoms with Crippen molar-refractivity contribution in [3.63, 3.8) is 0 Å². The van der Waals surface area contributed by atoms with Gasteiger partial charge in [0.15, 0.2) is 4.67 Å². The van der Waals surface area contributed by atoms with Crippen molar-refractivity contribution in [3.8, 4) is 5.75 Å². The highest BCUT2D eigenvalue weighted by Gasteiger charge is 2.13. The number of carbonyl (C=O) groups is 1. The van der Waals surface area contributed by atoms with Crippen molar-refractivity contribution in [2.45, 2.75) is 6.61 Å². The minimum Gasteiger partial charge on any atom is -0.485 e. The van der Waals surface area contributed by atoms with E-state index in [4.69, 9.17) is 9.15 Å². The number of aromatic carboxylic acids is 1. The van der Waals surface area contributed by atoms with Gasteiger partial charge >= 0.3 is 5.97 Å². The molecular weight excluding hydrogens is 336 g/mol. The first kappa shape index (κ1) is 13.7. The molecule has 2 aromatic carbocycles. The van der Waals surface area contributed by atoms with E-state index >= 15 is 0 Å². The number of benzene rings is 2. The quantitative estimate of drug-likeness (QED) is 0.756. The van der Waals surface area contributed by atoms with E-state index in [1.807, 2.05) is 24.3 Å². The second kappa shape index (κ2) is 5.61. The predicted molar refractivity (Wildman–Crippen MR) is 81.6 cm³/mol. The Morgan fingerprint density at radius 3 is 2.48 bits per heavy atom. The molecule has 0 atom stereocenters. The first-order valence-corrected chi connectivity index (χ1v) is 7.06.